The van der Waals surface area contributed by atoms with Gasteiger partial charge in [0.05, 0.1) is 19.3 Å². The first kappa shape index (κ1) is 23.9. The summed E-state index contributed by atoms with van der Waals surface area (Å²) in [6.07, 6.45) is 7.32. The number of carbonyl (C=O) groups is 1. The standard InChI is InChI=1S/C24H32O6/c1-24(28,17-30-18-10-6-5-7-11-18)15-14-20-19(21(25)16-22(20)26)12-8-3-4-9-13-23(27)29-2/h4-8,10-11,14-15,19-22,25-26,28H,9,12-13,16-17H2,1-2H3/b15-14+/t3?,19-,20?,21+,22-,24-/m1/s1. The van der Waals surface area contributed by atoms with E-state index in [0.29, 0.717) is 31.4 Å². The number of para-hydroxylation sites is 1. The van der Waals surface area contributed by atoms with Crippen LogP contribution in [-0.4, -0.2) is 52.8 Å². The van der Waals surface area contributed by atoms with Gasteiger partial charge in [0.1, 0.15) is 18.0 Å². The number of benzene rings is 1. The number of rotatable bonds is 10. The molecule has 0 aromatic heterocycles. The van der Waals surface area contributed by atoms with Crippen molar-refractivity contribution in [2.24, 2.45) is 11.8 Å². The highest BCUT2D eigenvalue weighted by molar-refractivity contribution is 5.69. The molecule has 0 radical (unpaired) electrons. The van der Waals surface area contributed by atoms with Crippen molar-refractivity contribution in [2.75, 3.05) is 13.7 Å². The number of hydrogen-bond acceptors (Lipinski definition) is 6. The van der Waals surface area contributed by atoms with Gasteiger partial charge in [-0.1, -0.05) is 30.4 Å². The second-order valence-corrected chi connectivity index (χ2v) is 7.86. The van der Waals surface area contributed by atoms with Crippen LogP contribution >= 0.6 is 0 Å². The topological polar surface area (TPSA) is 96.2 Å². The highest BCUT2D eigenvalue weighted by Crippen LogP contribution is 2.36. The lowest BCUT2D eigenvalue weighted by Crippen LogP contribution is -2.30. The molecule has 1 saturated carbocycles. The molecule has 1 aliphatic rings. The predicted molar refractivity (Wildman–Crippen MR) is 114 cm³/mol. The van der Waals surface area contributed by atoms with E-state index < -0.39 is 17.8 Å². The molecule has 164 valence electrons. The maximum Gasteiger partial charge on any atom is 0.305 e. The molecule has 0 amide bonds. The van der Waals surface area contributed by atoms with Crippen LogP contribution in [0, 0.1) is 11.8 Å². The van der Waals surface area contributed by atoms with Gasteiger partial charge < -0.3 is 24.8 Å². The normalized spacial score (nSPS) is 25.4. The Hall–Kier alpha value is -2.37. The molecule has 0 saturated heterocycles. The molecule has 6 nitrogen and oxygen atoms in total. The van der Waals surface area contributed by atoms with Crippen molar-refractivity contribution in [3.8, 4) is 5.75 Å². The fraction of sp³-hybridized carbons (Fsp3) is 0.500. The van der Waals surface area contributed by atoms with Crippen LogP contribution in [-0.2, 0) is 9.53 Å². The van der Waals surface area contributed by atoms with Crippen LogP contribution in [0.15, 0.2) is 60.4 Å². The lowest BCUT2D eigenvalue weighted by molar-refractivity contribution is -0.140. The monoisotopic (exact) mass is 416 g/mol. The number of allylic oxidation sites excluding steroid dienone is 1. The molecule has 0 aliphatic heterocycles. The predicted octanol–water partition coefficient (Wildman–Crippen LogP) is 2.79. The van der Waals surface area contributed by atoms with E-state index in [2.05, 4.69) is 10.5 Å². The van der Waals surface area contributed by atoms with Gasteiger partial charge in [0.25, 0.3) is 0 Å². The Labute approximate surface area is 178 Å². The Bertz CT molecular complexity index is 748. The van der Waals surface area contributed by atoms with Crippen molar-refractivity contribution in [1.29, 1.82) is 0 Å². The van der Waals surface area contributed by atoms with Crippen LogP contribution in [0.4, 0.5) is 0 Å². The minimum Gasteiger partial charge on any atom is -0.490 e. The number of esters is 1. The fourth-order valence-corrected chi connectivity index (χ4v) is 3.48. The van der Waals surface area contributed by atoms with Crippen LogP contribution in [0.3, 0.4) is 0 Å². The highest BCUT2D eigenvalue weighted by Gasteiger charge is 2.39. The number of carbonyl (C=O) groups excluding carboxylic acids is 1. The number of hydrogen-bond donors (Lipinski definition) is 3. The second kappa shape index (κ2) is 11.7. The summed E-state index contributed by atoms with van der Waals surface area (Å²) >= 11 is 0. The molecule has 1 aromatic carbocycles. The molecule has 5 atom stereocenters. The van der Waals surface area contributed by atoms with Crippen LogP contribution in [0.1, 0.15) is 32.6 Å². The zero-order chi connectivity index (χ0) is 22.0. The van der Waals surface area contributed by atoms with Gasteiger partial charge in [0.15, 0.2) is 0 Å². The molecule has 3 N–H and O–H groups in total. The third-order valence-corrected chi connectivity index (χ3v) is 5.21. The first-order valence-corrected chi connectivity index (χ1v) is 10.2. The Kier molecular flexibility index (Phi) is 9.34. The number of ether oxygens (including phenoxy) is 2. The molecular weight excluding hydrogens is 384 g/mol. The largest absolute Gasteiger partial charge is 0.490 e. The van der Waals surface area contributed by atoms with Gasteiger partial charge in [0, 0.05) is 18.8 Å². The van der Waals surface area contributed by atoms with Crippen LogP contribution in [0.2, 0.25) is 0 Å². The van der Waals surface area contributed by atoms with Gasteiger partial charge >= 0.3 is 5.97 Å². The third kappa shape index (κ3) is 7.81. The molecule has 2 rings (SSSR count). The summed E-state index contributed by atoms with van der Waals surface area (Å²) in [5.74, 6) is -0.0553. The lowest BCUT2D eigenvalue weighted by atomic mass is 9.89. The van der Waals surface area contributed by atoms with Crippen molar-refractivity contribution in [2.45, 2.75) is 50.4 Å². The van der Waals surface area contributed by atoms with Gasteiger partial charge in [-0.25, -0.2) is 0 Å². The van der Waals surface area contributed by atoms with Gasteiger partial charge in [-0.05, 0) is 50.0 Å². The van der Waals surface area contributed by atoms with Crippen molar-refractivity contribution >= 4 is 5.97 Å². The average Bonchev–Trinajstić information content (AvgIpc) is 3.00. The summed E-state index contributed by atoms with van der Waals surface area (Å²) in [6.45, 7) is 1.72. The Morgan fingerprint density at radius 3 is 2.67 bits per heavy atom. The fourth-order valence-electron chi connectivity index (χ4n) is 3.48. The lowest BCUT2D eigenvalue weighted by Gasteiger charge is -2.23. The smallest absolute Gasteiger partial charge is 0.305 e. The molecule has 0 bridgehead atoms. The summed E-state index contributed by atoms with van der Waals surface area (Å²) in [6, 6.07) is 9.24. The van der Waals surface area contributed by atoms with E-state index >= 15 is 0 Å². The molecule has 1 aliphatic carbocycles. The first-order valence-electron chi connectivity index (χ1n) is 10.2. The zero-order valence-corrected chi connectivity index (χ0v) is 17.6. The van der Waals surface area contributed by atoms with Crippen molar-refractivity contribution in [3.05, 3.63) is 60.4 Å². The van der Waals surface area contributed by atoms with E-state index in [9.17, 15) is 20.1 Å². The Morgan fingerprint density at radius 1 is 1.23 bits per heavy atom. The third-order valence-electron chi connectivity index (χ3n) is 5.21. The summed E-state index contributed by atoms with van der Waals surface area (Å²) in [5, 5.41) is 31.3. The summed E-state index contributed by atoms with van der Waals surface area (Å²) in [7, 11) is 1.35. The number of methoxy groups -OCH3 is 1. The van der Waals surface area contributed by atoms with E-state index in [0.717, 1.165) is 0 Å². The molecule has 1 unspecified atom stereocenters. The van der Waals surface area contributed by atoms with E-state index in [4.69, 9.17) is 4.74 Å². The maximum atomic E-state index is 11.1. The quantitative estimate of drug-likeness (QED) is 0.308. The molecule has 30 heavy (non-hydrogen) atoms. The second-order valence-electron chi connectivity index (χ2n) is 7.86. The van der Waals surface area contributed by atoms with E-state index in [1.54, 1.807) is 31.2 Å². The minimum atomic E-state index is -1.21. The molecule has 1 fully saturated rings. The summed E-state index contributed by atoms with van der Waals surface area (Å²) in [4.78, 5) is 11.1. The molecule has 0 spiro atoms. The van der Waals surface area contributed by atoms with E-state index in [-0.39, 0.29) is 24.4 Å². The molecular formula is C24H32O6. The number of aliphatic hydroxyl groups is 3. The molecule has 0 heterocycles. The average molecular weight is 417 g/mol. The Morgan fingerprint density at radius 2 is 1.97 bits per heavy atom. The van der Waals surface area contributed by atoms with Crippen molar-refractivity contribution in [1.82, 2.24) is 0 Å². The molecule has 1 aromatic rings. The first-order chi connectivity index (χ1) is 14.3. The van der Waals surface area contributed by atoms with Gasteiger partial charge in [0.2, 0.25) is 0 Å². The van der Waals surface area contributed by atoms with Crippen molar-refractivity contribution in [3.63, 3.8) is 0 Å². The zero-order valence-electron chi connectivity index (χ0n) is 17.6. The van der Waals surface area contributed by atoms with E-state index in [1.165, 1.54) is 7.11 Å². The van der Waals surface area contributed by atoms with Crippen molar-refractivity contribution < 1.29 is 29.6 Å². The SMILES string of the molecule is COC(=O)CCC=C=CC[C@@H]1C(/C=C/[C@@](C)(O)COc2ccccc2)[C@H](O)C[C@@H]1O. The minimum absolute atomic E-state index is 0.0758. The van der Waals surface area contributed by atoms with Crippen LogP contribution in [0.25, 0.3) is 0 Å². The van der Waals surface area contributed by atoms with Gasteiger partial charge in [-0.2, -0.15) is 0 Å². The Balaban J connectivity index is 1.92. The number of aliphatic hydroxyl groups excluding tert-OH is 2. The highest BCUT2D eigenvalue weighted by atomic mass is 16.5. The van der Waals surface area contributed by atoms with Gasteiger partial charge in [-0.15, -0.1) is 5.73 Å². The summed E-state index contributed by atoms with van der Waals surface area (Å²) in [5.41, 5.74) is 1.80. The van der Waals surface area contributed by atoms with Crippen LogP contribution < -0.4 is 4.74 Å². The molecule has 6 heteroatoms. The van der Waals surface area contributed by atoms with Gasteiger partial charge in [-0.3, -0.25) is 4.79 Å². The van der Waals surface area contributed by atoms with E-state index in [1.807, 2.05) is 30.3 Å². The maximum absolute atomic E-state index is 11.1. The summed E-state index contributed by atoms with van der Waals surface area (Å²) < 4.78 is 10.2. The van der Waals surface area contributed by atoms with Crippen LogP contribution in [0.5, 0.6) is 5.75 Å².